The predicted octanol–water partition coefficient (Wildman–Crippen LogP) is 0.786. The molecule has 1 aromatic carbocycles. The maximum absolute atomic E-state index is 13.9. The Kier molecular flexibility index (Phi) is 7.51. The second-order valence-corrected chi connectivity index (χ2v) is 10.5. The smallest absolute Gasteiger partial charge is 0.216 e. The van der Waals surface area contributed by atoms with Crippen molar-refractivity contribution in [3.63, 3.8) is 0 Å². The summed E-state index contributed by atoms with van der Waals surface area (Å²) >= 11 is 0. The molecule has 0 saturated carbocycles. The molecule has 1 aromatic heterocycles. The Morgan fingerprint density at radius 1 is 1.16 bits per heavy atom. The van der Waals surface area contributed by atoms with Crippen LogP contribution in [0.2, 0.25) is 0 Å². The van der Waals surface area contributed by atoms with Gasteiger partial charge in [0.25, 0.3) is 0 Å². The van der Waals surface area contributed by atoms with Crippen molar-refractivity contribution in [3.8, 4) is 0 Å². The Morgan fingerprint density at radius 3 is 2.69 bits per heavy atom. The van der Waals surface area contributed by atoms with Crippen LogP contribution in [-0.2, 0) is 34.4 Å². The predicted molar refractivity (Wildman–Crippen MR) is 118 cm³/mol. The van der Waals surface area contributed by atoms with Gasteiger partial charge in [-0.1, -0.05) is 23.4 Å². The first-order valence-corrected chi connectivity index (χ1v) is 12.6. The van der Waals surface area contributed by atoms with Crippen LogP contribution < -0.4 is 0 Å². The van der Waals surface area contributed by atoms with Gasteiger partial charge in [-0.3, -0.25) is 14.5 Å². The SMILES string of the molecule is COCCCn1cc(CN2CC(N3CCN(Cc4ccccc4F)CC3)CS2(=O)=O)nn1. The Bertz CT molecular complexity index is 993. The highest BCUT2D eigenvalue weighted by Crippen LogP contribution is 2.22. The van der Waals surface area contributed by atoms with Crippen LogP contribution in [0.4, 0.5) is 4.39 Å². The lowest BCUT2D eigenvalue weighted by atomic mass is 10.1. The van der Waals surface area contributed by atoms with E-state index in [1.165, 1.54) is 10.4 Å². The molecule has 176 valence electrons. The zero-order chi connectivity index (χ0) is 22.6. The number of ether oxygens (including phenoxy) is 1. The first-order chi connectivity index (χ1) is 15.4. The standard InChI is InChI=1S/C21H31FN6O3S/c1-31-12-4-7-27-14-19(23-24-27)15-28-16-20(17-32(28,29)30)26-10-8-25(9-11-26)13-18-5-2-3-6-21(18)22/h2-3,5-6,14,20H,4,7-13,15-17H2,1H3. The molecule has 0 spiro atoms. The van der Waals surface area contributed by atoms with Gasteiger partial charge in [-0.05, 0) is 12.5 Å². The number of halogens is 1. The fraction of sp³-hybridized carbons (Fsp3) is 0.619. The molecule has 4 rings (SSSR count). The molecule has 0 bridgehead atoms. The van der Waals surface area contributed by atoms with Crippen molar-refractivity contribution in [2.75, 3.05) is 52.2 Å². The van der Waals surface area contributed by atoms with E-state index in [2.05, 4.69) is 20.1 Å². The van der Waals surface area contributed by atoms with Gasteiger partial charge in [-0.25, -0.2) is 12.8 Å². The average Bonchev–Trinajstić information content (AvgIpc) is 3.34. The van der Waals surface area contributed by atoms with E-state index in [9.17, 15) is 12.8 Å². The van der Waals surface area contributed by atoms with Crippen LogP contribution in [0.25, 0.3) is 0 Å². The number of aryl methyl sites for hydroxylation is 1. The summed E-state index contributed by atoms with van der Waals surface area (Å²) in [5.74, 6) is -0.0504. The van der Waals surface area contributed by atoms with Crippen molar-refractivity contribution in [1.82, 2.24) is 29.1 Å². The molecule has 2 aliphatic heterocycles. The van der Waals surface area contributed by atoms with E-state index in [1.54, 1.807) is 24.1 Å². The number of rotatable bonds is 9. The Labute approximate surface area is 188 Å². The minimum atomic E-state index is -3.33. The largest absolute Gasteiger partial charge is 0.385 e. The van der Waals surface area contributed by atoms with Crippen LogP contribution >= 0.6 is 0 Å². The number of benzene rings is 1. The van der Waals surface area contributed by atoms with Gasteiger partial charge in [0.05, 0.1) is 18.0 Å². The van der Waals surface area contributed by atoms with Gasteiger partial charge in [0.1, 0.15) is 5.82 Å². The monoisotopic (exact) mass is 466 g/mol. The highest BCUT2D eigenvalue weighted by Gasteiger charge is 2.40. The topological polar surface area (TPSA) is 83.8 Å². The third-order valence-electron chi connectivity index (χ3n) is 6.15. The van der Waals surface area contributed by atoms with Crippen molar-refractivity contribution in [1.29, 1.82) is 0 Å². The number of aromatic nitrogens is 3. The van der Waals surface area contributed by atoms with Gasteiger partial charge in [-0.2, -0.15) is 4.31 Å². The molecule has 0 radical (unpaired) electrons. The number of piperazine rings is 1. The lowest BCUT2D eigenvalue weighted by Crippen LogP contribution is -2.51. The van der Waals surface area contributed by atoms with Crippen molar-refractivity contribution in [2.45, 2.75) is 32.1 Å². The molecule has 0 N–H and O–H groups in total. The minimum absolute atomic E-state index is 0.0349. The molecule has 0 aliphatic carbocycles. The van der Waals surface area contributed by atoms with E-state index in [1.807, 2.05) is 12.1 Å². The molecule has 2 aromatic rings. The number of sulfonamides is 1. The van der Waals surface area contributed by atoms with Gasteiger partial charge in [0, 0.05) is 77.3 Å². The summed E-state index contributed by atoms with van der Waals surface area (Å²) in [4.78, 5) is 4.47. The van der Waals surface area contributed by atoms with Crippen molar-refractivity contribution in [3.05, 3.63) is 47.5 Å². The summed E-state index contributed by atoms with van der Waals surface area (Å²) in [7, 11) is -1.67. The molecule has 1 atom stereocenters. The molecule has 1 unspecified atom stereocenters. The summed E-state index contributed by atoms with van der Waals surface area (Å²) in [6.07, 6.45) is 2.63. The molecular formula is C21H31FN6O3S. The number of methoxy groups -OCH3 is 1. The first-order valence-electron chi connectivity index (χ1n) is 11.0. The molecular weight excluding hydrogens is 435 g/mol. The van der Waals surface area contributed by atoms with E-state index in [0.29, 0.717) is 37.5 Å². The van der Waals surface area contributed by atoms with E-state index < -0.39 is 10.0 Å². The lowest BCUT2D eigenvalue weighted by Gasteiger charge is -2.37. The normalized spacial score (nSPS) is 22.5. The fourth-order valence-corrected chi connectivity index (χ4v) is 6.10. The van der Waals surface area contributed by atoms with Crippen LogP contribution in [0.15, 0.2) is 30.5 Å². The molecule has 3 heterocycles. The summed E-state index contributed by atoms with van der Waals surface area (Å²) in [5.41, 5.74) is 1.35. The van der Waals surface area contributed by atoms with Gasteiger partial charge in [0.15, 0.2) is 0 Å². The van der Waals surface area contributed by atoms with Crippen LogP contribution in [0.3, 0.4) is 0 Å². The maximum atomic E-state index is 13.9. The summed E-state index contributed by atoms with van der Waals surface area (Å²) in [5, 5.41) is 8.22. The van der Waals surface area contributed by atoms with Crippen LogP contribution in [-0.4, -0.2) is 95.8 Å². The molecule has 2 saturated heterocycles. The van der Waals surface area contributed by atoms with E-state index in [4.69, 9.17) is 4.74 Å². The molecule has 11 heteroatoms. The second kappa shape index (κ2) is 10.3. The molecule has 2 fully saturated rings. The molecule has 9 nitrogen and oxygen atoms in total. The molecule has 0 amide bonds. The highest BCUT2D eigenvalue weighted by atomic mass is 32.2. The van der Waals surface area contributed by atoms with Gasteiger partial charge < -0.3 is 4.74 Å². The first kappa shape index (κ1) is 23.2. The second-order valence-electron chi connectivity index (χ2n) is 8.45. The molecule has 2 aliphatic rings. The number of hydrogen-bond acceptors (Lipinski definition) is 7. The number of hydrogen-bond donors (Lipinski definition) is 0. The average molecular weight is 467 g/mol. The zero-order valence-electron chi connectivity index (χ0n) is 18.4. The van der Waals surface area contributed by atoms with Crippen LogP contribution in [0.1, 0.15) is 17.7 Å². The molecule has 32 heavy (non-hydrogen) atoms. The maximum Gasteiger partial charge on any atom is 0.216 e. The highest BCUT2D eigenvalue weighted by molar-refractivity contribution is 7.89. The van der Waals surface area contributed by atoms with Crippen molar-refractivity contribution >= 4 is 10.0 Å². The number of nitrogens with zero attached hydrogens (tertiary/aromatic N) is 6. The summed E-state index contributed by atoms with van der Waals surface area (Å²) < 4.78 is 47.7. The van der Waals surface area contributed by atoms with Crippen LogP contribution in [0, 0.1) is 5.82 Å². The minimum Gasteiger partial charge on any atom is -0.385 e. The third-order valence-corrected chi connectivity index (χ3v) is 8.02. The zero-order valence-corrected chi connectivity index (χ0v) is 19.3. The third kappa shape index (κ3) is 5.70. The quantitative estimate of drug-likeness (QED) is 0.505. The fourth-order valence-electron chi connectivity index (χ4n) is 4.36. The Hall–Kier alpha value is -1.92. The van der Waals surface area contributed by atoms with E-state index in [0.717, 1.165) is 32.6 Å². The van der Waals surface area contributed by atoms with Gasteiger partial charge >= 0.3 is 0 Å². The Morgan fingerprint density at radius 2 is 1.94 bits per heavy atom. The Balaban J connectivity index is 1.28. The summed E-state index contributed by atoms with van der Waals surface area (Å²) in [6.45, 7) is 5.76. The van der Waals surface area contributed by atoms with E-state index in [-0.39, 0.29) is 24.2 Å². The van der Waals surface area contributed by atoms with E-state index >= 15 is 0 Å². The van der Waals surface area contributed by atoms with Crippen LogP contribution in [0.5, 0.6) is 0 Å². The summed E-state index contributed by atoms with van der Waals surface area (Å²) in [6, 6.07) is 6.82. The van der Waals surface area contributed by atoms with Crippen molar-refractivity contribution < 1.29 is 17.5 Å². The van der Waals surface area contributed by atoms with Gasteiger partial charge in [-0.15, -0.1) is 5.10 Å². The van der Waals surface area contributed by atoms with Gasteiger partial charge in [0.2, 0.25) is 10.0 Å². The van der Waals surface area contributed by atoms with Crippen molar-refractivity contribution in [2.24, 2.45) is 0 Å². The lowest BCUT2D eigenvalue weighted by molar-refractivity contribution is 0.0959.